The molecule has 0 aliphatic heterocycles. The van der Waals surface area contributed by atoms with E-state index in [0.717, 1.165) is 47.2 Å². The number of nitrogens with zero attached hydrogens (tertiary/aromatic N) is 2. The fraction of sp³-hybridized carbons (Fsp3) is 0.219. The number of carbonyl (C=O) groups excluding carboxylic acids is 2. The molecule has 39 heavy (non-hydrogen) atoms. The second-order valence-corrected chi connectivity index (χ2v) is 8.76. The molecule has 7 heteroatoms. The lowest BCUT2D eigenvalue weighted by atomic mass is 10.1. The van der Waals surface area contributed by atoms with Crippen molar-refractivity contribution < 1.29 is 19.1 Å². The Morgan fingerprint density at radius 1 is 0.795 bits per heavy atom. The summed E-state index contributed by atoms with van der Waals surface area (Å²) >= 11 is 5.71. The van der Waals surface area contributed by atoms with E-state index in [9.17, 15) is 0 Å². The lowest BCUT2D eigenvalue weighted by Crippen LogP contribution is -2.20. The molecule has 4 rings (SSSR count). The third kappa shape index (κ3) is 12.9. The van der Waals surface area contributed by atoms with Gasteiger partial charge in [0.05, 0.1) is 7.11 Å². The molecular formula is C32H37ClN2O4. The maximum absolute atomic E-state index is 8.00. The number of carbonyl (C=O) groups is 2. The first-order valence-corrected chi connectivity index (χ1v) is 12.6. The Morgan fingerprint density at radius 2 is 1.44 bits per heavy atom. The fourth-order valence-corrected chi connectivity index (χ4v) is 3.61. The predicted molar refractivity (Wildman–Crippen MR) is 158 cm³/mol. The van der Waals surface area contributed by atoms with Gasteiger partial charge >= 0.3 is 0 Å². The van der Waals surface area contributed by atoms with E-state index in [0.29, 0.717) is 6.61 Å². The van der Waals surface area contributed by atoms with Gasteiger partial charge in [0.25, 0.3) is 0 Å². The molecule has 206 valence electrons. The van der Waals surface area contributed by atoms with Crippen molar-refractivity contribution in [3.63, 3.8) is 0 Å². The van der Waals surface area contributed by atoms with E-state index in [2.05, 4.69) is 53.3 Å². The summed E-state index contributed by atoms with van der Waals surface area (Å²) in [5.74, 6) is 1.54. The molecule has 0 bridgehead atoms. The number of pyridine rings is 1. The molecule has 3 aromatic carbocycles. The summed E-state index contributed by atoms with van der Waals surface area (Å²) in [5, 5.41) is 0.840. The van der Waals surface area contributed by atoms with Crippen LogP contribution in [0.15, 0.2) is 97.3 Å². The number of aryl methyl sites for hydroxylation is 1. The van der Waals surface area contributed by atoms with Gasteiger partial charge in [-0.15, -0.1) is 0 Å². The van der Waals surface area contributed by atoms with Crippen LogP contribution in [0.3, 0.4) is 0 Å². The van der Waals surface area contributed by atoms with E-state index in [1.54, 1.807) is 7.11 Å². The number of hydrogen-bond acceptors (Lipinski definition) is 6. The molecule has 0 saturated heterocycles. The van der Waals surface area contributed by atoms with E-state index in [4.69, 9.17) is 30.7 Å². The number of hydrogen-bond donors (Lipinski definition) is 0. The Balaban J connectivity index is 0.000000532. The second-order valence-electron chi connectivity index (χ2n) is 8.35. The molecule has 0 aliphatic rings. The Labute approximate surface area is 237 Å². The van der Waals surface area contributed by atoms with E-state index < -0.39 is 0 Å². The van der Waals surface area contributed by atoms with Crippen LogP contribution in [0.4, 0.5) is 0 Å². The summed E-state index contributed by atoms with van der Waals surface area (Å²) < 4.78 is 11.5. The summed E-state index contributed by atoms with van der Waals surface area (Å²) in [6, 6.07) is 28.2. The molecule has 0 aliphatic carbocycles. The van der Waals surface area contributed by atoms with Crippen LogP contribution in [0.5, 0.6) is 11.5 Å². The first kappa shape index (κ1) is 33.0. The van der Waals surface area contributed by atoms with Crippen LogP contribution in [0.2, 0.25) is 5.02 Å². The molecule has 1 heterocycles. The van der Waals surface area contributed by atoms with Crippen LogP contribution < -0.4 is 9.47 Å². The molecule has 0 saturated carbocycles. The molecule has 0 atom stereocenters. The smallest absolute Gasteiger partial charge is 0.161 e. The second kappa shape index (κ2) is 20.0. The molecule has 1 aromatic heterocycles. The first-order chi connectivity index (χ1) is 19.0. The van der Waals surface area contributed by atoms with Gasteiger partial charge in [-0.1, -0.05) is 66.2 Å². The topological polar surface area (TPSA) is 68.7 Å². The summed E-state index contributed by atoms with van der Waals surface area (Å²) in [6.07, 6.45) is 4.69. The van der Waals surface area contributed by atoms with Gasteiger partial charge in [-0.25, -0.2) is 0 Å². The third-order valence-corrected chi connectivity index (χ3v) is 5.95. The van der Waals surface area contributed by atoms with Crippen molar-refractivity contribution >= 4 is 25.2 Å². The summed E-state index contributed by atoms with van der Waals surface area (Å²) in [5.41, 5.74) is 4.78. The van der Waals surface area contributed by atoms with Crippen molar-refractivity contribution in [2.75, 3.05) is 20.7 Å². The average molecular weight is 549 g/mol. The summed E-state index contributed by atoms with van der Waals surface area (Å²) in [7, 11) is 3.81. The summed E-state index contributed by atoms with van der Waals surface area (Å²) in [6.45, 7) is 8.36. The van der Waals surface area contributed by atoms with Crippen LogP contribution in [0.25, 0.3) is 0 Å². The van der Waals surface area contributed by atoms with Crippen LogP contribution >= 0.6 is 11.6 Å². The van der Waals surface area contributed by atoms with Gasteiger partial charge in [0.2, 0.25) is 0 Å². The minimum Gasteiger partial charge on any atom is -0.493 e. The molecule has 4 aromatic rings. The molecule has 0 fully saturated rings. The van der Waals surface area contributed by atoms with Crippen molar-refractivity contribution in [3.05, 3.63) is 125 Å². The highest BCUT2D eigenvalue weighted by Crippen LogP contribution is 2.29. The maximum Gasteiger partial charge on any atom is 0.161 e. The number of halogens is 1. The molecule has 6 nitrogen and oxygen atoms in total. The van der Waals surface area contributed by atoms with Gasteiger partial charge in [-0.05, 0) is 73.0 Å². The first-order valence-electron chi connectivity index (χ1n) is 12.2. The van der Waals surface area contributed by atoms with Gasteiger partial charge in [0.1, 0.15) is 20.2 Å². The zero-order chi connectivity index (χ0) is 28.9. The molecule has 0 radical (unpaired) electrons. The van der Waals surface area contributed by atoms with Gasteiger partial charge < -0.3 is 24.0 Å². The highest BCUT2D eigenvalue weighted by Gasteiger charge is 2.08. The standard InChI is InChI=1S/C23H26N2O2.C7H7Cl.2CH2O/c1-25(15-12-19-10-13-24-14-11-19)17-21-8-9-22(23(16-21)26-2)27-18-20-6-4-3-5-7-20;1-6-4-2-3-5-7(6)8;2*1-2/h3-11,13-14,16H,12,15,17-18H2,1-2H3;2-5H,1H3;2*1H2. The molecular weight excluding hydrogens is 512 g/mol. The highest BCUT2D eigenvalue weighted by molar-refractivity contribution is 6.31. The largest absolute Gasteiger partial charge is 0.493 e. The highest BCUT2D eigenvalue weighted by atomic mass is 35.5. The van der Waals surface area contributed by atoms with Crippen LogP contribution in [0, 0.1) is 6.92 Å². The minimum atomic E-state index is 0.530. The Kier molecular flexibility index (Phi) is 17.0. The number of aromatic nitrogens is 1. The lowest BCUT2D eigenvalue weighted by molar-refractivity contribution is -0.0987. The van der Waals surface area contributed by atoms with Gasteiger partial charge in [-0.2, -0.15) is 0 Å². The van der Waals surface area contributed by atoms with Gasteiger partial charge in [-0.3, -0.25) is 4.98 Å². The Morgan fingerprint density at radius 3 is 2.03 bits per heavy atom. The maximum atomic E-state index is 8.00. The van der Waals surface area contributed by atoms with Crippen LogP contribution in [-0.2, 0) is 29.2 Å². The van der Waals surface area contributed by atoms with E-state index in [-0.39, 0.29) is 0 Å². The van der Waals surface area contributed by atoms with Crippen LogP contribution in [0.1, 0.15) is 22.3 Å². The van der Waals surface area contributed by atoms with E-state index >= 15 is 0 Å². The van der Waals surface area contributed by atoms with Crippen molar-refractivity contribution in [2.45, 2.75) is 26.5 Å². The molecule has 0 unspecified atom stereocenters. The van der Waals surface area contributed by atoms with Gasteiger partial charge in [0, 0.05) is 30.5 Å². The van der Waals surface area contributed by atoms with Crippen molar-refractivity contribution in [2.24, 2.45) is 0 Å². The van der Waals surface area contributed by atoms with Crippen molar-refractivity contribution in [3.8, 4) is 11.5 Å². The Hall–Kier alpha value is -4.00. The number of benzene rings is 3. The third-order valence-electron chi connectivity index (χ3n) is 5.53. The number of methoxy groups -OCH3 is 1. The fourth-order valence-electron chi connectivity index (χ4n) is 3.48. The van der Waals surface area contributed by atoms with E-state index in [1.807, 2.05) is 81.4 Å². The summed E-state index contributed by atoms with van der Waals surface area (Å²) in [4.78, 5) is 22.4. The SMILES string of the molecule is C=O.C=O.COc1cc(CN(C)CCc2ccncc2)ccc1OCc1ccccc1.Cc1ccccc1Cl. The molecule has 0 N–H and O–H groups in total. The molecule has 0 spiro atoms. The quantitative estimate of drug-likeness (QED) is 0.234. The number of likely N-dealkylation sites (N-methyl/N-ethyl adjacent to an activating group) is 1. The normalized spacial score (nSPS) is 9.56. The van der Waals surface area contributed by atoms with Crippen LogP contribution in [-0.4, -0.2) is 44.2 Å². The van der Waals surface area contributed by atoms with E-state index in [1.165, 1.54) is 11.1 Å². The zero-order valence-electron chi connectivity index (χ0n) is 22.9. The van der Waals surface area contributed by atoms with Crippen molar-refractivity contribution in [1.29, 1.82) is 0 Å². The number of ether oxygens (including phenoxy) is 2. The Bertz CT molecular complexity index is 1170. The zero-order valence-corrected chi connectivity index (χ0v) is 23.6. The number of rotatable bonds is 9. The van der Waals surface area contributed by atoms with Gasteiger partial charge in [0.15, 0.2) is 11.5 Å². The molecule has 0 amide bonds. The van der Waals surface area contributed by atoms with Crippen molar-refractivity contribution in [1.82, 2.24) is 9.88 Å². The lowest BCUT2D eigenvalue weighted by Gasteiger charge is -2.18. The average Bonchev–Trinajstić information content (AvgIpc) is 3.00. The predicted octanol–water partition coefficient (Wildman–Crippen LogP) is 6.62. The monoisotopic (exact) mass is 548 g/mol. The minimum absolute atomic E-state index is 0.530.